The third-order valence-corrected chi connectivity index (χ3v) is 4.30. The standard InChI is InChI=1S/C23H17FN4O3/c24-15-11-19(22-20(12-15)25-9-10-26-22)23(30)28-17-7-4-8-18(13-17)31-14-21(29)27-16-5-2-1-3-6-16/h1-13H,14H2,(H,27,29)(H,28,30). The van der Waals surface area contributed by atoms with E-state index < -0.39 is 11.7 Å². The summed E-state index contributed by atoms with van der Waals surface area (Å²) in [6, 6.07) is 17.9. The van der Waals surface area contributed by atoms with Gasteiger partial charge in [-0.3, -0.25) is 19.6 Å². The molecule has 0 atom stereocenters. The van der Waals surface area contributed by atoms with Gasteiger partial charge in [-0.2, -0.15) is 0 Å². The molecule has 0 saturated carbocycles. The summed E-state index contributed by atoms with van der Waals surface area (Å²) in [4.78, 5) is 32.9. The lowest BCUT2D eigenvalue weighted by Crippen LogP contribution is -2.20. The van der Waals surface area contributed by atoms with Crippen molar-refractivity contribution in [3.63, 3.8) is 0 Å². The normalized spacial score (nSPS) is 10.5. The molecule has 154 valence electrons. The number of amides is 2. The largest absolute Gasteiger partial charge is 0.484 e. The second-order valence-corrected chi connectivity index (χ2v) is 6.56. The number of nitrogens with one attached hydrogen (secondary N) is 2. The Morgan fingerprint density at radius 2 is 1.65 bits per heavy atom. The van der Waals surface area contributed by atoms with Crippen molar-refractivity contribution in [2.45, 2.75) is 0 Å². The number of rotatable bonds is 6. The Balaban J connectivity index is 1.43. The molecule has 4 rings (SSSR count). The molecule has 0 saturated heterocycles. The van der Waals surface area contributed by atoms with Crippen molar-refractivity contribution in [2.75, 3.05) is 17.2 Å². The molecule has 3 aromatic carbocycles. The molecule has 0 aliphatic rings. The molecular weight excluding hydrogens is 399 g/mol. The fraction of sp³-hybridized carbons (Fsp3) is 0.0435. The average Bonchev–Trinajstić information content (AvgIpc) is 2.78. The lowest BCUT2D eigenvalue weighted by molar-refractivity contribution is -0.118. The van der Waals surface area contributed by atoms with Crippen LogP contribution in [0, 0.1) is 5.82 Å². The van der Waals surface area contributed by atoms with Crippen molar-refractivity contribution in [1.29, 1.82) is 0 Å². The number of hydrogen-bond donors (Lipinski definition) is 2. The summed E-state index contributed by atoms with van der Waals surface area (Å²) in [5.74, 6) is -1.04. The number of nitrogens with zero attached hydrogens (tertiary/aromatic N) is 2. The maximum absolute atomic E-state index is 13.9. The van der Waals surface area contributed by atoms with Crippen LogP contribution in [-0.4, -0.2) is 28.4 Å². The number of carbonyl (C=O) groups excluding carboxylic acids is 2. The van der Waals surface area contributed by atoms with E-state index in [0.717, 1.165) is 6.07 Å². The number of halogens is 1. The van der Waals surface area contributed by atoms with Gasteiger partial charge in [0.1, 0.15) is 17.1 Å². The van der Waals surface area contributed by atoms with Gasteiger partial charge in [0.25, 0.3) is 11.8 Å². The van der Waals surface area contributed by atoms with Gasteiger partial charge in [0.15, 0.2) is 6.61 Å². The first-order valence-electron chi connectivity index (χ1n) is 9.38. The highest BCUT2D eigenvalue weighted by Crippen LogP contribution is 2.21. The van der Waals surface area contributed by atoms with Crippen LogP contribution in [0.1, 0.15) is 10.4 Å². The van der Waals surface area contributed by atoms with Crippen LogP contribution < -0.4 is 15.4 Å². The summed E-state index contributed by atoms with van der Waals surface area (Å²) < 4.78 is 19.4. The molecule has 7 nitrogen and oxygen atoms in total. The Bertz CT molecular complexity index is 1250. The Kier molecular flexibility index (Phi) is 5.79. The molecule has 31 heavy (non-hydrogen) atoms. The predicted octanol–water partition coefficient (Wildman–Crippen LogP) is 4.04. The van der Waals surface area contributed by atoms with Gasteiger partial charge in [-0.05, 0) is 30.3 Å². The summed E-state index contributed by atoms with van der Waals surface area (Å²) in [5, 5.41) is 5.41. The van der Waals surface area contributed by atoms with E-state index in [1.54, 1.807) is 36.4 Å². The van der Waals surface area contributed by atoms with Crippen molar-refractivity contribution in [2.24, 2.45) is 0 Å². The van der Waals surface area contributed by atoms with Gasteiger partial charge in [-0.25, -0.2) is 4.39 Å². The topological polar surface area (TPSA) is 93.2 Å². The third kappa shape index (κ3) is 4.99. The molecule has 8 heteroatoms. The molecule has 0 fully saturated rings. The lowest BCUT2D eigenvalue weighted by atomic mass is 10.1. The van der Waals surface area contributed by atoms with Crippen LogP contribution in [0.5, 0.6) is 5.75 Å². The van der Waals surface area contributed by atoms with Crippen LogP contribution in [0.4, 0.5) is 15.8 Å². The fourth-order valence-electron chi connectivity index (χ4n) is 2.94. The molecule has 0 spiro atoms. The molecule has 2 N–H and O–H groups in total. The van der Waals surface area contributed by atoms with Gasteiger partial charge in [0, 0.05) is 35.9 Å². The minimum absolute atomic E-state index is 0.0664. The second kappa shape index (κ2) is 9.00. The number of benzene rings is 3. The number of para-hydroxylation sites is 1. The summed E-state index contributed by atoms with van der Waals surface area (Å²) in [6.45, 7) is -0.198. The molecular formula is C23H17FN4O3. The molecule has 0 aliphatic heterocycles. The second-order valence-electron chi connectivity index (χ2n) is 6.56. The molecule has 4 aromatic rings. The zero-order valence-electron chi connectivity index (χ0n) is 16.2. The van der Waals surface area contributed by atoms with Crippen molar-refractivity contribution >= 4 is 34.2 Å². The average molecular weight is 416 g/mol. The molecule has 0 bridgehead atoms. The predicted molar refractivity (Wildman–Crippen MR) is 114 cm³/mol. The van der Waals surface area contributed by atoms with E-state index in [4.69, 9.17) is 4.74 Å². The van der Waals surface area contributed by atoms with Gasteiger partial charge in [0.2, 0.25) is 0 Å². The number of fused-ring (bicyclic) bond motifs is 1. The molecule has 0 unspecified atom stereocenters. The monoisotopic (exact) mass is 416 g/mol. The SMILES string of the molecule is O=C(COc1cccc(NC(=O)c2cc(F)cc3nccnc23)c1)Nc1ccccc1. The number of ether oxygens (including phenoxy) is 1. The van der Waals surface area contributed by atoms with Gasteiger partial charge >= 0.3 is 0 Å². The van der Waals surface area contributed by atoms with E-state index in [1.807, 2.05) is 18.2 Å². The number of aromatic nitrogens is 2. The molecule has 2 amide bonds. The van der Waals surface area contributed by atoms with E-state index in [-0.39, 0.29) is 23.6 Å². The Morgan fingerprint density at radius 3 is 2.48 bits per heavy atom. The maximum atomic E-state index is 13.9. The lowest BCUT2D eigenvalue weighted by Gasteiger charge is -2.10. The quantitative estimate of drug-likeness (QED) is 0.495. The van der Waals surface area contributed by atoms with Gasteiger partial charge in [0.05, 0.1) is 11.1 Å². The molecule has 0 aliphatic carbocycles. The van der Waals surface area contributed by atoms with Gasteiger partial charge < -0.3 is 15.4 Å². The minimum atomic E-state index is -0.584. The zero-order valence-corrected chi connectivity index (χ0v) is 16.2. The molecule has 1 heterocycles. The maximum Gasteiger partial charge on any atom is 0.262 e. The summed E-state index contributed by atoms with van der Waals surface area (Å²) in [5.41, 5.74) is 1.74. The smallest absolute Gasteiger partial charge is 0.262 e. The third-order valence-electron chi connectivity index (χ3n) is 4.30. The van der Waals surface area contributed by atoms with Crippen LogP contribution in [-0.2, 0) is 4.79 Å². The first kappa shape index (κ1) is 20.0. The summed E-state index contributed by atoms with van der Waals surface area (Å²) in [6.07, 6.45) is 2.87. The number of anilines is 2. The zero-order chi connectivity index (χ0) is 21.6. The van der Waals surface area contributed by atoms with E-state index >= 15 is 0 Å². The van der Waals surface area contributed by atoms with Crippen LogP contribution in [0.3, 0.4) is 0 Å². The van der Waals surface area contributed by atoms with Gasteiger partial charge in [-0.1, -0.05) is 24.3 Å². The van der Waals surface area contributed by atoms with Crippen molar-refractivity contribution in [1.82, 2.24) is 9.97 Å². The van der Waals surface area contributed by atoms with E-state index in [0.29, 0.717) is 22.6 Å². The minimum Gasteiger partial charge on any atom is -0.484 e. The van der Waals surface area contributed by atoms with Crippen LogP contribution >= 0.6 is 0 Å². The Morgan fingerprint density at radius 1 is 0.871 bits per heavy atom. The summed E-state index contributed by atoms with van der Waals surface area (Å²) in [7, 11) is 0. The first-order valence-corrected chi connectivity index (χ1v) is 9.38. The van der Waals surface area contributed by atoms with Crippen LogP contribution in [0.15, 0.2) is 79.1 Å². The first-order chi connectivity index (χ1) is 15.1. The van der Waals surface area contributed by atoms with E-state index in [1.165, 1.54) is 18.5 Å². The Labute approximate surface area is 176 Å². The van der Waals surface area contributed by atoms with Gasteiger partial charge in [-0.15, -0.1) is 0 Å². The summed E-state index contributed by atoms with van der Waals surface area (Å²) >= 11 is 0. The van der Waals surface area contributed by atoms with Crippen molar-refractivity contribution < 1.29 is 18.7 Å². The highest BCUT2D eigenvalue weighted by Gasteiger charge is 2.14. The Hall–Kier alpha value is -4.33. The molecule has 0 radical (unpaired) electrons. The van der Waals surface area contributed by atoms with Crippen LogP contribution in [0.2, 0.25) is 0 Å². The van der Waals surface area contributed by atoms with E-state index in [9.17, 15) is 14.0 Å². The van der Waals surface area contributed by atoms with Crippen molar-refractivity contribution in [3.8, 4) is 5.75 Å². The number of hydrogen-bond acceptors (Lipinski definition) is 5. The van der Waals surface area contributed by atoms with E-state index in [2.05, 4.69) is 20.6 Å². The molecule has 1 aromatic heterocycles. The fourth-order valence-corrected chi connectivity index (χ4v) is 2.94. The van der Waals surface area contributed by atoms with Crippen molar-refractivity contribution in [3.05, 3.63) is 90.5 Å². The number of carbonyl (C=O) groups is 2. The highest BCUT2D eigenvalue weighted by atomic mass is 19.1. The van der Waals surface area contributed by atoms with Crippen LogP contribution in [0.25, 0.3) is 11.0 Å². The highest BCUT2D eigenvalue weighted by molar-refractivity contribution is 6.11.